The number of hydrogen-bond acceptors (Lipinski definition) is 3. The molecule has 0 saturated carbocycles. The van der Waals surface area contributed by atoms with E-state index in [0.29, 0.717) is 11.3 Å². The predicted octanol–water partition coefficient (Wildman–Crippen LogP) is 2.36. The van der Waals surface area contributed by atoms with E-state index in [9.17, 15) is 9.18 Å². The van der Waals surface area contributed by atoms with Crippen molar-refractivity contribution in [3.8, 4) is 0 Å². The average molecular weight is 245 g/mol. The van der Waals surface area contributed by atoms with Crippen LogP contribution in [0.1, 0.15) is 15.9 Å². The van der Waals surface area contributed by atoms with Gasteiger partial charge in [-0.05, 0) is 31.2 Å². The summed E-state index contributed by atoms with van der Waals surface area (Å²) in [5.74, 6) is -0.634. The Morgan fingerprint density at radius 3 is 2.83 bits per heavy atom. The Kier molecular flexibility index (Phi) is 3.23. The van der Waals surface area contributed by atoms with Crippen molar-refractivity contribution in [2.75, 3.05) is 11.1 Å². The summed E-state index contributed by atoms with van der Waals surface area (Å²) in [5, 5.41) is 2.61. The van der Waals surface area contributed by atoms with E-state index in [0.717, 1.165) is 0 Å². The van der Waals surface area contributed by atoms with Crippen LogP contribution in [-0.4, -0.2) is 10.9 Å². The standard InChI is InChI=1S/C13H12FN3O/c1-8-10(14)5-2-6-11(8)17-13(18)9-4-3-7-16-12(9)15/h2-7H,1H3,(H2,15,16)(H,17,18). The molecule has 4 nitrogen and oxygen atoms in total. The predicted molar refractivity (Wildman–Crippen MR) is 67.7 cm³/mol. The first-order chi connectivity index (χ1) is 8.59. The van der Waals surface area contributed by atoms with Gasteiger partial charge in [-0.25, -0.2) is 9.37 Å². The minimum absolute atomic E-state index is 0.143. The van der Waals surface area contributed by atoms with Gasteiger partial charge in [0.2, 0.25) is 0 Å². The third kappa shape index (κ3) is 2.29. The highest BCUT2D eigenvalue weighted by Gasteiger charge is 2.12. The number of benzene rings is 1. The van der Waals surface area contributed by atoms with Crippen LogP contribution in [0.2, 0.25) is 0 Å². The molecule has 2 aromatic rings. The third-order valence-electron chi connectivity index (χ3n) is 2.60. The lowest BCUT2D eigenvalue weighted by molar-refractivity contribution is 0.102. The molecule has 3 N–H and O–H groups in total. The Balaban J connectivity index is 2.27. The Labute approximate surface area is 104 Å². The van der Waals surface area contributed by atoms with Crippen LogP contribution >= 0.6 is 0 Å². The number of amides is 1. The number of hydrogen-bond donors (Lipinski definition) is 2. The lowest BCUT2D eigenvalue weighted by Gasteiger charge is -2.09. The number of rotatable bonds is 2. The summed E-state index contributed by atoms with van der Waals surface area (Å²) in [4.78, 5) is 15.8. The summed E-state index contributed by atoms with van der Waals surface area (Å²) in [6, 6.07) is 7.67. The molecule has 0 fully saturated rings. The van der Waals surface area contributed by atoms with Crippen molar-refractivity contribution in [1.29, 1.82) is 0 Å². The zero-order chi connectivity index (χ0) is 13.1. The van der Waals surface area contributed by atoms with Crippen LogP contribution in [-0.2, 0) is 0 Å². The molecule has 0 saturated heterocycles. The average Bonchev–Trinajstić information content (AvgIpc) is 2.35. The second-order valence-corrected chi connectivity index (χ2v) is 3.80. The number of anilines is 2. The van der Waals surface area contributed by atoms with Gasteiger partial charge in [-0.15, -0.1) is 0 Å². The molecule has 1 aromatic heterocycles. The molecule has 0 aliphatic carbocycles. The first-order valence-corrected chi connectivity index (χ1v) is 5.36. The van der Waals surface area contributed by atoms with E-state index in [1.165, 1.54) is 18.3 Å². The van der Waals surface area contributed by atoms with Crippen molar-refractivity contribution >= 4 is 17.4 Å². The van der Waals surface area contributed by atoms with Crippen LogP contribution in [0.4, 0.5) is 15.9 Å². The fraction of sp³-hybridized carbons (Fsp3) is 0.0769. The van der Waals surface area contributed by atoms with Gasteiger partial charge in [-0.2, -0.15) is 0 Å². The van der Waals surface area contributed by atoms with E-state index in [1.807, 2.05) is 0 Å². The van der Waals surface area contributed by atoms with Crippen LogP contribution in [0.15, 0.2) is 36.5 Å². The fourth-order valence-corrected chi connectivity index (χ4v) is 1.54. The number of nitrogens with zero attached hydrogens (tertiary/aromatic N) is 1. The zero-order valence-corrected chi connectivity index (χ0v) is 9.77. The maximum atomic E-state index is 13.3. The molecule has 92 valence electrons. The minimum atomic E-state index is -0.408. The summed E-state index contributed by atoms with van der Waals surface area (Å²) in [6.07, 6.45) is 1.50. The molecule has 1 aromatic carbocycles. The van der Waals surface area contributed by atoms with Crippen LogP contribution < -0.4 is 11.1 Å². The molecule has 5 heteroatoms. The number of carbonyl (C=O) groups is 1. The topological polar surface area (TPSA) is 68.0 Å². The molecule has 0 radical (unpaired) electrons. The van der Waals surface area contributed by atoms with Crippen LogP contribution in [0.5, 0.6) is 0 Å². The zero-order valence-electron chi connectivity index (χ0n) is 9.77. The SMILES string of the molecule is Cc1c(F)cccc1NC(=O)c1cccnc1N. The number of nitrogen functional groups attached to an aromatic ring is 1. The lowest BCUT2D eigenvalue weighted by atomic mass is 10.1. The highest BCUT2D eigenvalue weighted by Crippen LogP contribution is 2.19. The molecule has 2 rings (SSSR count). The summed E-state index contributed by atoms with van der Waals surface area (Å²) >= 11 is 0. The lowest BCUT2D eigenvalue weighted by Crippen LogP contribution is -2.15. The van der Waals surface area contributed by atoms with Gasteiger partial charge >= 0.3 is 0 Å². The van der Waals surface area contributed by atoms with Gasteiger partial charge < -0.3 is 11.1 Å². The second kappa shape index (κ2) is 4.83. The largest absolute Gasteiger partial charge is 0.383 e. The van der Waals surface area contributed by atoms with Crippen molar-refractivity contribution in [1.82, 2.24) is 4.98 Å². The van der Waals surface area contributed by atoms with Crippen molar-refractivity contribution in [3.63, 3.8) is 0 Å². The van der Waals surface area contributed by atoms with E-state index in [1.54, 1.807) is 25.1 Å². The summed E-state index contributed by atoms with van der Waals surface area (Å²) in [5.41, 5.74) is 6.66. The first-order valence-electron chi connectivity index (χ1n) is 5.36. The summed E-state index contributed by atoms with van der Waals surface area (Å²) < 4.78 is 13.3. The molecule has 18 heavy (non-hydrogen) atoms. The van der Waals surface area contributed by atoms with E-state index in [2.05, 4.69) is 10.3 Å². The maximum Gasteiger partial charge on any atom is 0.259 e. The minimum Gasteiger partial charge on any atom is -0.383 e. The second-order valence-electron chi connectivity index (χ2n) is 3.80. The number of nitrogens with two attached hydrogens (primary N) is 1. The first kappa shape index (κ1) is 12.0. The van der Waals surface area contributed by atoms with Crippen LogP contribution in [0.3, 0.4) is 0 Å². The molecule has 1 amide bonds. The number of pyridine rings is 1. The van der Waals surface area contributed by atoms with Crippen molar-refractivity contribution in [2.24, 2.45) is 0 Å². The van der Waals surface area contributed by atoms with E-state index in [-0.39, 0.29) is 17.2 Å². The molecule has 0 spiro atoms. The Morgan fingerprint density at radius 2 is 2.11 bits per heavy atom. The van der Waals surface area contributed by atoms with Crippen molar-refractivity contribution in [2.45, 2.75) is 6.92 Å². The summed E-state index contributed by atoms with van der Waals surface area (Å²) in [6.45, 7) is 1.59. The highest BCUT2D eigenvalue weighted by molar-refractivity contribution is 6.07. The van der Waals surface area contributed by atoms with Gasteiger partial charge in [0.05, 0.1) is 5.56 Å². The normalized spacial score (nSPS) is 10.1. The highest BCUT2D eigenvalue weighted by atomic mass is 19.1. The van der Waals surface area contributed by atoms with Gasteiger partial charge in [-0.1, -0.05) is 6.07 Å². The van der Waals surface area contributed by atoms with Gasteiger partial charge in [0.25, 0.3) is 5.91 Å². The van der Waals surface area contributed by atoms with E-state index in [4.69, 9.17) is 5.73 Å². The molecule has 0 aliphatic rings. The number of carbonyl (C=O) groups excluding carboxylic acids is 1. The Morgan fingerprint density at radius 1 is 1.33 bits per heavy atom. The van der Waals surface area contributed by atoms with Crippen molar-refractivity contribution < 1.29 is 9.18 Å². The molecule has 0 atom stereocenters. The Hall–Kier alpha value is -2.43. The molecule has 1 heterocycles. The quantitative estimate of drug-likeness (QED) is 0.853. The molecule has 0 aliphatic heterocycles. The van der Waals surface area contributed by atoms with E-state index < -0.39 is 5.91 Å². The number of nitrogens with one attached hydrogen (secondary N) is 1. The van der Waals surface area contributed by atoms with E-state index >= 15 is 0 Å². The number of aromatic nitrogens is 1. The number of halogens is 1. The third-order valence-corrected chi connectivity index (χ3v) is 2.60. The molecular formula is C13H12FN3O. The molecule has 0 unspecified atom stereocenters. The van der Waals surface area contributed by atoms with Gasteiger partial charge in [0.1, 0.15) is 11.6 Å². The van der Waals surface area contributed by atoms with Gasteiger partial charge in [0.15, 0.2) is 0 Å². The smallest absolute Gasteiger partial charge is 0.259 e. The maximum absolute atomic E-state index is 13.3. The Bertz CT molecular complexity index is 599. The monoisotopic (exact) mass is 245 g/mol. The van der Waals surface area contributed by atoms with Crippen LogP contribution in [0, 0.1) is 12.7 Å². The van der Waals surface area contributed by atoms with Crippen LogP contribution in [0.25, 0.3) is 0 Å². The molecular weight excluding hydrogens is 233 g/mol. The van der Waals surface area contributed by atoms with Crippen molar-refractivity contribution in [3.05, 3.63) is 53.5 Å². The fourth-order valence-electron chi connectivity index (χ4n) is 1.54. The molecule has 0 bridgehead atoms. The van der Waals surface area contributed by atoms with Gasteiger partial charge in [0, 0.05) is 17.4 Å². The van der Waals surface area contributed by atoms with Gasteiger partial charge in [-0.3, -0.25) is 4.79 Å². The summed E-state index contributed by atoms with van der Waals surface area (Å²) in [7, 11) is 0.